The van der Waals surface area contributed by atoms with Gasteiger partial charge in [-0.2, -0.15) is 0 Å². The number of benzene rings is 1. The molecule has 1 fully saturated rings. The van der Waals surface area contributed by atoms with Gasteiger partial charge in [-0.15, -0.1) is 0 Å². The van der Waals surface area contributed by atoms with Crippen LogP contribution in [0.5, 0.6) is 11.5 Å². The van der Waals surface area contributed by atoms with Crippen LogP contribution in [0.4, 0.5) is 0 Å². The van der Waals surface area contributed by atoms with Crippen LogP contribution in [0.15, 0.2) is 18.2 Å². The van der Waals surface area contributed by atoms with Gasteiger partial charge in [-0.05, 0) is 32.2 Å². The SMILES string of the molecule is COc1ccc2c(c1)[C@H](N)CC1(CC(C)N(C)C1)O2. The van der Waals surface area contributed by atoms with Gasteiger partial charge < -0.3 is 15.2 Å². The maximum Gasteiger partial charge on any atom is 0.125 e. The van der Waals surface area contributed by atoms with Crippen molar-refractivity contribution < 1.29 is 9.47 Å². The van der Waals surface area contributed by atoms with E-state index in [0.717, 1.165) is 36.4 Å². The van der Waals surface area contributed by atoms with E-state index in [0.29, 0.717) is 6.04 Å². The maximum absolute atomic E-state index is 6.36. The van der Waals surface area contributed by atoms with Crippen molar-refractivity contribution in [3.05, 3.63) is 23.8 Å². The monoisotopic (exact) mass is 262 g/mol. The molecule has 4 heteroatoms. The van der Waals surface area contributed by atoms with Crippen LogP contribution in [-0.4, -0.2) is 37.2 Å². The Kier molecular flexibility index (Phi) is 2.95. The molecule has 0 aliphatic carbocycles. The van der Waals surface area contributed by atoms with E-state index in [1.807, 2.05) is 18.2 Å². The lowest BCUT2D eigenvalue weighted by molar-refractivity contribution is 0.0462. The highest BCUT2D eigenvalue weighted by Gasteiger charge is 2.47. The van der Waals surface area contributed by atoms with E-state index >= 15 is 0 Å². The van der Waals surface area contributed by atoms with E-state index in [1.165, 1.54) is 0 Å². The molecule has 0 aromatic heterocycles. The van der Waals surface area contributed by atoms with Crippen molar-refractivity contribution in [1.82, 2.24) is 4.90 Å². The van der Waals surface area contributed by atoms with Gasteiger partial charge in [0.25, 0.3) is 0 Å². The fourth-order valence-corrected chi connectivity index (χ4v) is 3.41. The standard InChI is InChI=1S/C15H22N2O2/c1-10-7-15(9-17(10)2)8-13(16)12-6-11(18-3)4-5-14(12)19-15/h4-6,10,13H,7-9,16H2,1-3H3/t10?,13-,15?/m1/s1. The lowest BCUT2D eigenvalue weighted by atomic mass is 9.86. The van der Waals surface area contributed by atoms with Crippen LogP contribution in [0.25, 0.3) is 0 Å². The van der Waals surface area contributed by atoms with Gasteiger partial charge in [-0.25, -0.2) is 0 Å². The molecule has 0 saturated carbocycles. The number of rotatable bonds is 1. The van der Waals surface area contributed by atoms with Crippen LogP contribution in [0.3, 0.4) is 0 Å². The van der Waals surface area contributed by atoms with Crippen molar-refractivity contribution in [2.45, 2.75) is 37.5 Å². The Bertz CT molecular complexity index is 479. The first-order valence-corrected chi connectivity index (χ1v) is 6.86. The van der Waals surface area contributed by atoms with Gasteiger partial charge >= 0.3 is 0 Å². The highest BCUT2D eigenvalue weighted by molar-refractivity contribution is 5.44. The molecule has 1 aromatic carbocycles. The van der Waals surface area contributed by atoms with Gasteiger partial charge in [0.2, 0.25) is 0 Å². The first-order valence-electron chi connectivity index (χ1n) is 6.86. The van der Waals surface area contributed by atoms with Crippen molar-refractivity contribution in [2.24, 2.45) is 5.73 Å². The van der Waals surface area contributed by atoms with Gasteiger partial charge in [0.05, 0.1) is 7.11 Å². The second-order valence-corrected chi connectivity index (χ2v) is 5.97. The summed E-state index contributed by atoms with van der Waals surface area (Å²) in [6, 6.07) is 6.49. The summed E-state index contributed by atoms with van der Waals surface area (Å²) in [5.41, 5.74) is 7.31. The zero-order chi connectivity index (χ0) is 13.6. The molecule has 0 radical (unpaired) electrons. The predicted molar refractivity (Wildman–Crippen MR) is 74.6 cm³/mol. The van der Waals surface area contributed by atoms with E-state index < -0.39 is 0 Å². The number of likely N-dealkylation sites (N-methyl/N-ethyl adjacent to an activating group) is 1. The lowest BCUT2D eigenvalue weighted by Gasteiger charge is -2.38. The molecule has 104 valence electrons. The average Bonchev–Trinajstić information content (AvgIpc) is 2.63. The highest BCUT2D eigenvalue weighted by Crippen LogP contribution is 2.44. The fourth-order valence-electron chi connectivity index (χ4n) is 3.41. The summed E-state index contributed by atoms with van der Waals surface area (Å²) in [6.07, 6.45) is 1.92. The van der Waals surface area contributed by atoms with Crippen LogP contribution in [-0.2, 0) is 0 Å². The van der Waals surface area contributed by atoms with Crippen LogP contribution in [0.2, 0.25) is 0 Å². The molecule has 2 N–H and O–H groups in total. The van der Waals surface area contributed by atoms with Crippen molar-refractivity contribution in [3.63, 3.8) is 0 Å². The Hall–Kier alpha value is -1.26. The quantitative estimate of drug-likeness (QED) is 0.840. The second kappa shape index (κ2) is 4.39. The van der Waals surface area contributed by atoms with Crippen LogP contribution < -0.4 is 15.2 Å². The van der Waals surface area contributed by atoms with Crippen molar-refractivity contribution in [2.75, 3.05) is 20.7 Å². The highest BCUT2D eigenvalue weighted by atomic mass is 16.5. The van der Waals surface area contributed by atoms with Gasteiger partial charge in [0, 0.05) is 37.0 Å². The summed E-state index contributed by atoms with van der Waals surface area (Å²) in [4.78, 5) is 2.35. The largest absolute Gasteiger partial charge is 0.497 e. The number of likely N-dealkylation sites (tertiary alicyclic amines) is 1. The Morgan fingerprint density at radius 2 is 2.21 bits per heavy atom. The third-order valence-corrected chi connectivity index (χ3v) is 4.49. The number of hydrogen-bond donors (Lipinski definition) is 1. The normalized spacial score (nSPS) is 34.1. The molecule has 2 aliphatic rings. The first kappa shape index (κ1) is 12.8. The third-order valence-electron chi connectivity index (χ3n) is 4.49. The summed E-state index contributed by atoms with van der Waals surface area (Å²) in [5.74, 6) is 1.76. The first-order chi connectivity index (χ1) is 9.03. The summed E-state index contributed by atoms with van der Waals surface area (Å²) >= 11 is 0. The van der Waals surface area contributed by atoms with Gasteiger partial charge in [0.15, 0.2) is 0 Å². The Balaban J connectivity index is 1.92. The minimum atomic E-state index is -0.116. The molecular formula is C15H22N2O2. The number of ether oxygens (including phenoxy) is 2. The number of nitrogens with zero attached hydrogens (tertiary/aromatic N) is 1. The molecule has 1 aromatic rings. The molecule has 4 nitrogen and oxygen atoms in total. The summed E-state index contributed by atoms with van der Waals surface area (Å²) < 4.78 is 11.6. The molecule has 2 unspecified atom stereocenters. The summed E-state index contributed by atoms with van der Waals surface area (Å²) in [6.45, 7) is 3.19. The number of methoxy groups -OCH3 is 1. The maximum atomic E-state index is 6.36. The Morgan fingerprint density at radius 1 is 1.42 bits per heavy atom. The minimum Gasteiger partial charge on any atom is -0.497 e. The molecule has 2 heterocycles. The topological polar surface area (TPSA) is 47.7 Å². The van der Waals surface area contributed by atoms with Gasteiger partial charge in [-0.1, -0.05) is 0 Å². The van der Waals surface area contributed by atoms with E-state index in [9.17, 15) is 0 Å². The van der Waals surface area contributed by atoms with Crippen LogP contribution >= 0.6 is 0 Å². The molecule has 3 rings (SSSR count). The molecule has 19 heavy (non-hydrogen) atoms. The summed E-state index contributed by atoms with van der Waals surface area (Å²) in [7, 11) is 3.82. The fraction of sp³-hybridized carbons (Fsp3) is 0.600. The minimum absolute atomic E-state index is 0.0255. The molecule has 2 aliphatic heterocycles. The van der Waals surface area contributed by atoms with E-state index in [1.54, 1.807) is 7.11 Å². The molecule has 1 saturated heterocycles. The van der Waals surface area contributed by atoms with Crippen LogP contribution in [0, 0.1) is 0 Å². The third kappa shape index (κ3) is 2.09. The van der Waals surface area contributed by atoms with E-state index in [4.69, 9.17) is 15.2 Å². The molecule has 0 amide bonds. The average molecular weight is 262 g/mol. The Labute approximate surface area is 114 Å². The Morgan fingerprint density at radius 3 is 2.84 bits per heavy atom. The van der Waals surface area contributed by atoms with Crippen LogP contribution in [0.1, 0.15) is 31.4 Å². The second-order valence-electron chi connectivity index (χ2n) is 5.97. The van der Waals surface area contributed by atoms with E-state index in [-0.39, 0.29) is 11.6 Å². The van der Waals surface area contributed by atoms with Crippen molar-refractivity contribution >= 4 is 0 Å². The van der Waals surface area contributed by atoms with Crippen molar-refractivity contribution in [3.8, 4) is 11.5 Å². The molecule has 0 bridgehead atoms. The smallest absolute Gasteiger partial charge is 0.125 e. The van der Waals surface area contributed by atoms with E-state index in [2.05, 4.69) is 18.9 Å². The zero-order valence-electron chi connectivity index (χ0n) is 11.8. The lowest BCUT2D eigenvalue weighted by Crippen LogP contribution is -2.44. The van der Waals surface area contributed by atoms with Crippen molar-refractivity contribution in [1.29, 1.82) is 0 Å². The molecule has 3 atom stereocenters. The number of hydrogen-bond acceptors (Lipinski definition) is 4. The number of nitrogens with two attached hydrogens (primary N) is 1. The summed E-state index contributed by atoms with van der Waals surface area (Å²) in [5, 5.41) is 0. The predicted octanol–water partition coefficient (Wildman–Crippen LogP) is 1.94. The molecule has 1 spiro atoms. The van der Waals surface area contributed by atoms with Gasteiger partial charge in [0.1, 0.15) is 17.1 Å². The van der Waals surface area contributed by atoms with Gasteiger partial charge in [-0.3, -0.25) is 4.90 Å². The zero-order valence-corrected chi connectivity index (χ0v) is 11.8. The molecular weight excluding hydrogens is 240 g/mol. The number of fused-ring (bicyclic) bond motifs is 1.